The molecule has 0 aliphatic rings. The summed E-state index contributed by atoms with van der Waals surface area (Å²) in [5, 5.41) is 12.8. The molecule has 90 valence electrons. The average Bonchev–Trinajstić information content (AvgIpc) is 2.32. The van der Waals surface area contributed by atoms with E-state index in [0.29, 0.717) is 0 Å². The standard InChI is InChI=1S/C12H19BrN2O/c1-3-12(4-2,9-16)8-15-11-5-10(13)6-14-7-11/h5-7,15-16H,3-4,8-9H2,1-2H3. The van der Waals surface area contributed by atoms with Crippen LogP contribution in [0.15, 0.2) is 22.9 Å². The first kappa shape index (κ1) is 13.5. The highest BCUT2D eigenvalue weighted by Gasteiger charge is 2.24. The minimum absolute atomic E-state index is 0.0255. The number of anilines is 1. The zero-order valence-electron chi connectivity index (χ0n) is 9.83. The first-order valence-corrected chi connectivity index (χ1v) is 6.40. The van der Waals surface area contributed by atoms with Crippen molar-refractivity contribution in [1.82, 2.24) is 4.98 Å². The Morgan fingerprint density at radius 1 is 1.38 bits per heavy atom. The third-order valence-electron chi connectivity index (χ3n) is 3.21. The molecule has 4 heteroatoms. The predicted molar refractivity (Wildman–Crippen MR) is 70.5 cm³/mol. The van der Waals surface area contributed by atoms with E-state index in [1.165, 1.54) is 0 Å². The van der Waals surface area contributed by atoms with E-state index in [9.17, 15) is 5.11 Å². The molecular formula is C12H19BrN2O. The van der Waals surface area contributed by atoms with Gasteiger partial charge in [-0.25, -0.2) is 0 Å². The quantitative estimate of drug-likeness (QED) is 0.845. The van der Waals surface area contributed by atoms with Gasteiger partial charge in [0.2, 0.25) is 0 Å². The van der Waals surface area contributed by atoms with Gasteiger partial charge in [0.1, 0.15) is 0 Å². The number of hydrogen-bond acceptors (Lipinski definition) is 3. The molecule has 0 saturated heterocycles. The fraction of sp³-hybridized carbons (Fsp3) is 0.583. The Balaban J connectivity index is 2.62. The molecular weight excluding hydrogens is 268 g/mol. The largest absolute Gasteiger partial charge is 0.396 e. The van der Waals surface area contributed by atoms with Crippen molar-refractivity contribution in [2.24, 2.45) is 5.41 Å². The normalized spacial score (nSPS) is 11.5. The van der Waals surface area contributed by atoms with Gasteiger partial charge in [-0.1, -0.05) is 13.8 Å². The number of nitrogens with zero attached hydrogens (tertiary/aromatic N) is 1. The van der Waals surface area contributed by atoms with Crippen LogP contribution in [-0.2, 0) is 0 Å². The second-order valence-corrected chi connectivity index (χ2v) is 5.03. The maximum Gasteiger partial charge on any atom is 0.0538 e. The Hall–Kier alpha value is -0.610. The average molecular weight is 287 g/mol. The smallest absolute Gasteiger partial charge is 0.0538 e. The van der Waals surface area contributed by atoms with E-state index in [1.807, 2.05) is 6.07 Å². The highest BCUT2D eigenvalue weighted by atomic mass is 79.9. The van der Waals surface area contributed by atoms with E-state index in [-0.39, 0.29) is 12.0 Å². The van der Waals surface area contributed by atoms with E-state index in [1.54, 1.807) is 12.4 Å². The summed E-state index contributed by atoms with van der Waals surface area (Å²) in [5.74, 6) is 0. The molecule has 1 heterocycles. The summed E-state index contributed by atoms with van der Waals surface area (Å²) in [6.45, 7) is 5.21. The zero-order chi connectivity index (χ0) is 12.0. The van der Waals surface area contributed by atoms with Gasteiger partial charge in [0.05, 0.1) is 18.5 Å². The van der Waals surface area contributed by atoms with Gasteiger partial charge in [0.15, 0.2) is 0 Å². The topological polar surface area (TPSA) is 45.1 Å². The van der Waals surface area contributed by atoms with Crippen LogP contribution in [-0.4, -0.2) is 23.2 Å². The van der Waals surface area contributed by atoms with Gasteiger partial charge >= 0.3 is 0 Å². The predicted octanol–water partition coefficient (Wildman–Crippen LogP) is 3.05. The number of nitrogens with one attached hydrogen (secondary N) is 1. The number of aromatic nitrogens is 1. The van der Waals surface area contributed by atoms with Crippen LogP contribution in [0.2, 0.25) is 0 Å². The third kappa shape index (κ3) is 3.46. The summed E-state index contributed by atoms with van der Waals surface area (Å²) in [7, 11) is 0. The molecule has 1 aromatic rings. The Morgan fingerprint density at radius 2 is 2.06 bits per heavy atom. The second kappa shape index (κ2) is 6.21. The fourth-order valence-corrected chi connectivity index (χ4v) is 1.94. The summed E-state index contributed by atoms with van der Waals surface area (Å²) in [4.78, 5) is 4.09. The maximum atomic E-state index is 9.44. The Labute approximate surface area is 105 Å². The molecule has 3 nitrogen and oxygen atoms in total. The highest BCUT2D eigenvalue weighted by molar-refractivity contribution is 9.10. The summed E-state index contributed by atoms with van der Waals surface area (Å²) in [6.07, 6.45) is 5.48. The Kier molecular flexibility index (Phi) is 5.22. The van der Waals surface area contributed by atoms with E-state index in [2.05, 4.69) is 40.1 Å². The van der Waals surface area contributed by atoms with Crippen LogP contribution in [0.5, 0.6) is 0 Å². The Morgan fingerprint density at radius 3 is 2.56 bits per heavy atom. The van der Waals surface area contributed by atoms with Gasteiger partial charge in [0, 0.05) is 22.6 Å². The van der Waals surface area contributed by atoms with Crippen molar-refractivity contribution in [1.29, 1.82) is 0 Å². The SMILES string of the molecule is CCC(CC)(CO)CNc1cncc(Br)c1. The molecule has 0 atom stereocenters. The maximum absolute atomic E-state index is 9.44. The van der Waals surface area contributed by atoms with Crippen molar-refractivity contribution < 1.29 is 5.11 Å². The van der Waals surface area contributed by atoms with Crippen molar-refractivity contribution in [3.63, 3.8) is 0 Å². The molecule has 1 aromatic heterocycles. The molecule has 0 aromatic carbocycles. The van der Waals surface area contributed by atoms with Gasteiger partial charge in [-0.2, -0.15) is 0 Å². The van der Waals surface area contributed by atoms with Crippen molar-refractivity contribution in [2.75, 3.05) is 18.5 Å². The Bertz CT molecular complexity index is 318. The van der Waals surface area contributed by atoms with Gasteiger partial charge < -0.3 is 10.4 Å². The monoisotopic (exact) mass is 286 g/mol. The minimum Gasteiger partial charge on any atom is -0.396 e. The van der Waals surface area contributed by atoms with E-state index < -0.39 is 0 Å². The minimum atomic E-state index is -0.0255. The zero-order valence-corrected chi connectivity index (χ0v) is 11.4. The highest BCUT2D eigenvalue weighted by Crippen LogP contribution is 2.26. The van der Waals surface area contributed by atoms with Gasteiger partial charge in [0.25, 0.3) is 0 Å². The first-order chi connectivity index (χ1) is 7.65. The summed E-state index contributed by atoms with van der Waals surface area (Å²) in [6, 6.07) is 1.99. The number of aliphatic hydroxyl groups excluding tert-OH is 1. The number of aliphatic hydroxyl groups is 1. The lowest BCUT2D eigenvalue weighted by atomic mass is 9.83. The van der Waals surface area contributed by atoms with Crippen LogP contribution in [0, 0.1) is 5.41 Å². The molecule has 16 heavy (non-hydrogen) atoms. The number of pyridine rings is 1. The van der Waals surface area contributed by atoms with Crippen molar-refractivity contribution in [3.8, 4) is 0 Å². The van der Waals surface area contributed by atoms with E-state index >= 15 is 0 Å². The molecule has 0 amide bonds. The van der Waals surface area contributed by atoms with Crippen molar-refractivity contribution >= 4 is 21.6 Å². The van der Waals surface area contributed by atoms with E-state index in [4.69, 9.17) is 0 Å². The number of halogens is 1. The number of rotatable bonds is 6. The molecule has 0 radical (unpaired) electrons. The second-order valence-electron chi connectivity index (χ2n) is 4.11. The molecule has 2 N–H and O–H groups in total. The van der Waals surface area contributed by atoms with Crippen LogP contribution in [0.3, 0.4) is 0 Å². The molecule has 0 unspecified atom stereocenters. The first-order valence-electron chi connectivity index (χ1n) is 5.61. The molecule has 0 spiro atoms. The van der Waals surface area contributed by atoms with E-state index in [0.717, 1.165) is 29.5 Å². The number of hydrogen-bond donors (Lipinski definition) is 2. The lowest BCUT2D eigenvalue weighted by Gasteiger charge is -2.29. The third-order valence-corrected chi connectivity index (χ3v) is 3.64. The van der Waals surface area contributed by atoms with Gasteiger partial charge in [-0.05, 0) is 34.8 Å². The van der Waals surface area contributed by atoms with Gasteiger partial charge in [-0.3, -0.25) is 4.98 Å². The molecule has 0 aliphatic heterocycles. The lowest BCUT2D eigenvalue weighted by molar-refractivity contribution is 0.127. The van der Waals surface area contributed by atoms with Crippen LogP contribution in [0.25, 0.3) is 0 Å². The van der Waals surface area contributed by atoms with Gasteiger partial charge in [-0.15, -0.1) is 0 Å². The lowest BCUT2D eigenvalue weighted by Crippen LogP contribution is -2.32. The summed E-state index contributed by atoms with van der Waals surface area (Å²) < 4.78 is 0.958. The molecule has 0 bridgehead atoms. The molecule has 0 aliphatic carbocycles. The molecule has 1 rings (SSSR count). The molecule has 0 fully saturated rings. The summed E-state index contributed by atoms with van der Waals surface area (Å²) in [5.41, 5.74) is 0.955. The van der Waals surface area contributed by atoms with Crippen molar-refractivity contribution in [3.05, 3.63) is 22.9 Å². The summed E-state index contributed by atoms with van der Waals surface area (Å²) >= 11 is 3.38. The van der Waals surface area contributed by atoms with Crippen LogP contribution >= 0.6 is 15.9 Å². The van der Waals surface area contributed by atoms with Crippen molar-refractivity contribution in [2.45, 2.75) is 26.7 Å². The van der Waals surface area contributed by atoms with Crippen LogP contribution in [0.4, 0.5) is 5.69 Å². The fourth-order valence-electron chi connectivity index (χ4n) is 1.58. The molecule has 0 saturated carbocycles. The van der Waals surface area contributed by atoms with Crippen LogP contribution in [0.1, 0.15) is 26.7 Å². The van der Waals surface area contributed by atoms with Crippen LogP contribution < -0.4 is 5.32 Å².